The molecule has 1 aromatic carbocycles. The molecule has 2 aromatic rings. The number of anilines is 1. The topological polar surface area (TPSA) is 82.5 Å². The van der Waals surface area contributed by atoms with Gasteiger partial charge in [0.1, 0.15) is 4.90 Å². The van der Waals surface area contributed by atoms with E-state index in [-0.39, 0.29) is 4.90 Å². The van der Waals surface area contributed by atoms with Crippen molar-refractivity contribution in [2.45, 2.75) is 43.8 Å². The third kappa shape index (κ3) is 3.44. The maximum absolute atomic E-state index is 12.4. The molecule has 0 saturated carbocycles. The van der Waals surface area contributed by atoms with Crippen LogP contribution in [0.4, 0.5) is 5.69 Å². The van der Waals surface area contributed by atoms with Crippen LogP contribution in [0.1, 0.15) is 27.7 Å². The lowest BCUT2D eigenvalue weighted by Gasteiger charge is -2.32. The van der Waals surface area contributed by atoms with Gasteiger partial charge in [-0.25, -0.2) is 8.42 Å². The lowest BCUT2D eigenvalue weighted by Crippen LogP contribution is -2.41. The summed E-state index contributed by atoms with van der Waals surface area (Å²) in [5, 5.41) is 3.89. The van der Waals surface area contributed by atoms with E-state index < -0.39 is 28.3 Å². The van der Waals surface area contributed by atoms with Crippen molar-refractivity contribution in [1.82, 2.24) is 9.78 Å². The van der Waals surface area contributed by atoms with Crippen molar-refractivity contribution in [3.63, 3.8) is 0 Å². The van der Waals surface area contributed by atoms with Gasteiger partial charge >= 0.3 is 7.12 Å². The Bertz CT molecular complexity index is 876. The van der Waals surface area contributed by atoms with Crippen molar-refractivity contribution < 1.29 is 17.7 Å². The molecule has 1 aromatic heterocycles. The number of aromatic nitrogens is 2. The minimum atomic E-state index is -3.69. The molecule has 7 nitrogen and oxygen atoms in total. The Morgan fingerprint density at radius 2 is 1.80 bits per heavy atom. The summed E-state index contributed by atoms with van der Waals surface area (Å²) < 4.78 is 40.9. The van der Waals surface area contributed by atoms with Gasteiger partial charge in [-0.15, -0.1) is 0 Å². The van der Waals surface area contributed by atoms with Gasteiger partial charge in [0.25, 0.3) is 10.0 Å². The molecule has 0 spiro atoms. The molecule has 0 atom stereocenters. The number of sulfonamides is 1. The zero-order chi connectivity index (χ0) is 18.5. The Hall–Kier alpha value is -1.84. The monoisotopic (exact) mass is 363 g/mol. The first-order chi connectivity index (χ1) is 11.5. The predicted molar refractivity (Wildman–Crippen MR) is 96.2 cm³/mol. The highest BCUT2D eigenvalue weighted by molar-refractivity contribution is 7.92. The van der Waals surface area contributed by atoms with Gasteiger partial charge in [-0.05, 0) is 45.3 Å². The third-order valence-corrected chi connectivity index (χ3v) is 5.99. The summed E-state index contributed by atoms with van der Waals surface area (Å²) in [6.45, 7) is 7.90. The van der Waals surface area contributed by atoms with Crippen molar-refractivity contribution >= 4 is 28.3 Å². The molecule has 25 heavy (non-hydrogen) atoms. The van der Waals surface area contributed by atoms with Crippen LogP contribution in [0.3, 0.4) is 0 Å². The van der Waals surface area contributed by atoms with Gasteiger partial charge in [-0.2, -0.15) is 5.10 Å². The second kappa shape index (κ2) is 5.86. The summed E-state index contributed by atoms with van der Waals surface area (Å²) in [7, 11) is -2.58. The molecule has 9 heteroatoms. The molecule has 3 rings (SSSR count). The fourth-order valence-corrected chi connectivity index (χ4v) is 3.51. The van der Waals surface area contributed by atoms with E-state index in [1.165, 1.54) is 17.1 Å². The summed E-state index contributed by atoms with van der Waals surface area (Å²) in [4.78, 5) is 0.107. The van der Waals surface area contributed by atoms with Crippen LogP contribution in [0.2, 0.25) is 0 Å². The first-order valence-electron chi connectivity index (χ1n) is 7.97. The highest BCUT2D eigenvalue weighted by atomic mass is 32.2. The SMILES string of the molecule is Cn1cc(S(=O)(=O)Nc2cccc(B3OC(C)(C)C(C)(C)O3)c2)cn1. The molecule has 1 aliphatic rings. The summed E-state index contributed by atoms with van der Waals surface area (Å²) in [6, 6.07) is 7.02. The number of hydrogen-bond acceptors (Lipinski definition) is 5. The Morgan fingerprint density at radius 3 is 2.36 bits per heavy atom. The van der Waals surface area contributed by atoms with E-state index in [4.69, 9.17) is 9.31 Å². The van der Waals surface area contributed by atoms with Crippen molar-refractivity contribution in [3.05, 3.63) is 36.7 Å². The number of nitrogens with zero attached hydrogens (tertiary/aromatic N) is 2. The van der Waals surface area contributed by atoms with E-state index in [9.17, 15) is 8.42 Å². The molecule has 1 N–H and O–H groups in total. The summed E-state index contributed by atoms with van der Waals surface area (Å²) in [5.41, 5.74) is 0.285. The van der Waals surface area contributed by atoms with Crippen molar-refractivity contribution in [2.24, 2.45) is 7.05 Å². The quantitative estimate of drug-likeness (QED) is 0.833. The first kappa shape index (κ1) is 18.0. The molecule has 1 fully saturated rings. The Kier molecular flexibility index (Phi) is 4.21. The summed E-state index contributed by atoms with van der Waals surface area (Å²) in [5.74, 6) is 0. The standard InChI is InChI=1S/C16H22BN3O4S/c1-15(2)16(3,4)24-17(23-15)12-7-6-8-13(9-12)19-25(21,22)14-10-18-20(5)11-14/h6-11,19H,1-5H3. The second-order valence-corrected chi connectivity index (χ2v) is 8.85. The second-order valence-electron chi connectivity index (χ2n) is 7.17. The van der Waals surface area contributed by atoms with Crippen molar-refractivity contribution in [1.29, 1.82) is 0 Å². The number of aryl methyl sites for hydroxylation is 1. The number of nitrogens with one attached hydrogen (secondary N) is 1. The van der Waals surface area contributed by atoms with Crippen LogP contribution in [0.15, 0.2) is 41.6 Å². The molecule has 0 radical (unpaired) electrons. The van der Waals surface area contributed by atoms with Crippen LogP contribution in [0.5, 0.6) is 0 Å². The van der Waals surface area contributed by atoms with Gasteiger partial charge in [0.05, 0.1) is 17.4 Å². The zero-order valence-electron chi connectivity index (χ0n) is 15.0. The van der Waals surface area contributed by atoms with Gasteiger partial charge in [-0.1, -0.05) is 12.1 Å². The molecule has 1 aliphatic heterocycles. The van der Waals surface area contributed by atoms with Gasteiger partial charge < -0.3 is 9.31 Å². The molecule has 2 heterocycles. The normalized spacial score (nSPS) is 19.2. The van der Waals surface area contributed by atoms with Crippen LogP contribution in [-0.2, 0) is 26.4 Å². The lowest BCUT2D eigenvalue weighted by atomic mass is 9.79. The Morgan fingerprint density at radius 1 is 1.16 bits per heavy atom. The molecular formula is C16H22BN3O4S. The molecule has 134 valence electrons. The fraction of sp³-hybridized carbons (Fsp3) is 0.438. The third-order valence-electron chi connectivity index (χ3n) is 4.66. The van der Waals surface area contributed by atoms with E-state index >= 15 is 0 Å². The van der Waals surface area contributed by atoms with Gasteiger partial charge in [0.2, 0.25) is 0 Å². The van der Waals surface area contributed by atoms with E-state index in [1.54, 1.807) is 25.2 Å². The zero-order valence-corrected chi connectivity index (χ0v) is 15.8. The number of rotatable bonds is 4. The minimum absolute atomic E-state index is 0.107. The van der Waals surface area contributed by atoms with Crippen LogP contribution in [0.25, 0.3) is 0 Å². The van der Waals surface area contributed by atoms with Crippen molar-refractivity contribution in [3.8, 4) is 0 Å². The van der Waals surface area contributed by atoms with E-state index in [2.05, 4.69) is 9.82 Å². The summed E-state index contributed by atoms with van der Waals surface area (Å²) in [6.07, 6.45) is 2.75. The molecule has 1 saturated heterocycles. The summed E-state index contributed by atoms with van der Waals surface area (Å²) >= 11 is 0. The first-order valence-corrected chi connectivity index (χ1v) is 9.46. The van der Waals surface area contributed by atoms with Crippen LogP contribution in [-0.4, -0.2) is 36.5 Å². The average molecular weight is 363 g/mol. The number of hydrogen-bond donors (Lipinski definition) is 1. The highest BCUT2D eigenvalue weighted by Gasteiger charge is 2.51. The highest BCUT2D eigenvalue weighted by Crippen LogP contribution is 2.36. The maximum Gasteiger partial charge on any atom is 0.494 e. The van der Waals surface area contributed by atoms with Gasteiger partial charge in [0, 0.05) is 18.9 Å². The van der Waals surface area contributed by atoms with E-state index in [0.29, 0.717) is 5.69 Å². The Balaban J connectivity index is 1.83. The van der Waals surface area contributed by atoms with Gasteiger partial charge in [0.15, 0.2) is 0 Å². The maximum atomic E-state index is 12.4. The largest absolute Gasteiger partial charge is 0.494 e. The van der Waals surface area contributed by atoms with Gasteiger partial charge in [-0.3, -0.25) is 9.40 Å². The average Bonchev–Trinajstić information content (AvgIpc) is 3.01. The molecular weight excluding hydrogens is 341 g/mol. The van der Waals surface area contributed by atoms with Crippen LogP contribution < -0.4 is 10.2 Å². The van der Waals surface area contributed by atoms with Crippen LogP contribution >= 0.6 is 0 Å². The molecule has 0 amide bonds. The lowest BCUT2D eigenvalue weighted by molar-refractivity contribution is 0.00578. The molecule has 0 aliphatic carbocycles. The number of benzene rings is 1. The van der Waals surface area contributed by atoms with Crippen molar-refractivity contribution in [2.75, 3.05) is 4.72 Å². The Labute approximate surface area is 148 Å². The van der Waals surface area contributed by atoms with Crippen LogP contribution in [0, 0.1) is 0 Å². The smallest absolute Gasteiger partial charge is 0.399 e. The molecule has 0 bridgehead atoms. The van der Waals surface area contributed by atoms with E-state index in [0.717, 1.165) is 5.46 Å². The fourth-order valence-electron chi connectivity index (χ4n) is 2.48. The van der Waals surface area contributed by atoms with E-state index in [1.807, 2.05) is 33.8 Å². The minimum Gasteiger partial charge on any atom is -0.399 e. The predicted octanol–water partition coefficient (Wildman–Crippen LogP) is 1.52. The molecule has 0 unspecified atom stereocenters.